The maximum atomic E-state index is 12.5. The van der Waals surface area contributed by atoms with Gasteiger partial charge in [0.25, 0.3) is 11.8 Å². The number of thiazole rings is 1. The number of carbonyl (C=O) groups is 2. The van der Waals surface area contributed by atoms with Crippen LogP contribution in [-0.2, 0) is 4.79 Å². The molecule has 0 saturated carbocycles. The van der Waals surface area contributed by atoms with Crippen LogP contribution in [0, 0.1) is 0 Å². The van der Waals surface area contributed by atoms with E-state index in [9.17, 15) is 9.59 Å². The van der Waals surface area contributed by atoms with Crippen molar-refractivity contribution in [3.8, 4) is 0 Å². The van der Waals surface area contributed by atoms with E-state index >= 15 is 0 Å². The van der Waals surface area contributed by atoms with E-state index in [1.54, 1.807) is 42.6 Å². The minimum Gasteiger partial charge on any atom is -0.355 e. The molecule has 2 atom stereocenters. The highest BCUT2D eigenvalue weighted by Crippen LogP contribution is 2.30. The third kappa shape index (κ3) is 4.63. The molecule has 1 fully saturated rings. The third-order valence-corrected chi connectivity index (χ3v) is 6.55. The van der Waals surface area contributed by atoms with E-state index < -0.39 is 0 Å². The van der Waals surface area contributed by atoms with Gasteiger partial charge in [-0.05, 0) is 49.2 Å². The van der Waals surface area contributed by atoms with Crippen LogP contribution in [0.25, 0.3) is 10.2 Å². The van der Waals surface area contributed by atoms with E-state index in [0.717, 1.165) is 31.4 Å². The molecule has 2 aromatic carbocycles. The maximum Gasteiger partial charge on any atom is 0.279 e. The van der Waals surface area contributed by atoms with Gasteiger partial charge in [-0.1, -0.05) is 12.1 Å². The Bertz CT molecular complexity index is 982. The SMILES string of the molecule is CNC(=O)c1ccc(NC(=O)C[NH+]2CCC[C@@H](c3nc4ccccc4s3)C2)cc1. The fraction of sp³-hybridized carbons (Fsp3) is 0.318. The van der Waals surface area contributed by atoms with Crippen molar-refractivity contribution < 1.29 is 14.5 Å². The van der Waals surface area contributed by atoms with E-state index in [0.29, 0.717) is 23.7 Å². The standard InChI is InChI=1S/C22H24N4O2S/c1-23-21(28)15-8-10-17(11-9-15)24-20(27)14-26-12-4-5-16(13-26)22-25-18-6-2-3-7-19(18)29-22/h2-3,6-11,16H,4-5,12-14H2,1H3,(H,23,28)(H,24,27)/p+1/t16-/m1/s1. The molecule has 1 aliphatic heterocycles. The number of aromatic nitrogens is 1. The lowest BCUT2D eigenvalue weighted by atomic mass is 9.99. The first kappa shape index (κ1) is 19.5. The second-order valence-electron chi connectivity index (χ2n) is 7.44. The second kappa shape index (κ2) is 8.71. The lowest BCUT2D eigenvalue weighted by Gasteiger charge is -2.28. The van der Waals surface area contributed by atoms with Crippen LogP contribution >= 0.6 is 11.3 Å². The van der Waals surface area contributed by atoms with Crippen LogP contribution in [0.2, 0.25) is 0 Å². The molecule has 1 aromatic heterocycles. The van der Waals surface area contributed by atoms with Crippen molar-refractivity contribution in [3.05, 3.63) is 59.1 Å². The fourth-order valence-electron chi connectivity index (χ4n) is 3.87. The zero-order valence-corrected chi connectivity index (χ0v) is 17.2. The van der Waals surface area contributed by atoms with Crippen LogP contribution in [0.4, 0.5) is 5.69 Å². The Morgan fingerprint density at radius 2 is 1.97 bits per heavy atom. The number of para-hydroxylation sites is 1. The fourth-order valence-corrected chi connectivity index (χ4v) is 4.97. The normalized spacial score (nSPS) is 19.1. The largest absolute Gasteiger partial charge is 0.355 e. The first-order valence-corrected chi connectivity index (χ1v) is 10.7. The molecule has 1 unspecified atom stereocenters. The molecule has 3 aromatic rings. The Labute approximate surface area is 173 Å². The predicted molar refractivity (Wildman–Crippen MR) is 116 cm³/mol. The molecule has 150 valence electrons. The van der Waals surface area contributed by atoms with Crippen LogP contribution in [0.5, 0.6) is 0 Å². The van der Waals surface area contributed by atoms with E-state index in [1.165, 1.54) is 14.6 Å². The molecule has 0 radical (unpaired) electrons. The van der Waals surface area contributed by atoms with Crippen molar-refractivity contribution in [2.45, 2.75) is 18.8 Å². The summed E-state index contributed by atoms with van der Waals surface area (Å²) in [4.78, 5) is 30.2. The van der Waals surface area contributed by atoms with E-state index in [1.807, 2.05) is 12.1 Å². The molecule has 0 aliphatic carbocycles. The molecular formula is C22H25N4O2S+. The average molecular weight is 410 g/mol. The summed E-state index contributed by atoms with van der Waals surface area (Å²) in [5.74, 6) is 0.273. The van der Waals surface area contributed by atoms with Gasteiger partial charge in [-0.15, -0.1) is 11.3 Å². The minimum absolute atomic E-state index is 0.00218. The number of nitrogens with one attached hydrogen (secondary N) is 3. The van der Waals surface area contributed by atoms with Gasteiger partial charge in [0, 0.05) is 18.3 Å². The molecule has 29 heavy (non-hydrogen) atoms. The Balaban J connectivity index is 1.35. The molecule has 7 heteroatoms. The second-order valence-corrected chi connectivity index (χ2v) is 8.51. The molecule has 6 nitrogen and oxygen atoms in total. The van der Waals surface area contributed by atoms with Crippen molar-refractivity contribution in [2.24, 2.45) is 0 Å². The first-order valence-electron chi connectivity index (χ1n) is 9.93. The van der Waals surface area contributed by atoms with Gasteiger partial charge in [0.1, 0.15) is 5.01 Å². The quantitative estimate of drug-likeness (QED) is 0.604. The van der Waals surface area contributed by atoms with Crippen LogP contribution in [0.15, 0.2) is 48.5 Å². The van der Waals surface area contributed by atoms with Crippen LogP contribution in [-0.4, -0.2) is 43.5 Å². The highest BCUT2D eigenvalue weighted by molar-refractivity contribution is 7.18. The molecule has 4 rings (SSSR count). The minimum atomic E-state index is -0.137. The smallest absolute Gasteiger partial charge is 0.279 e. The number of nitrogens with zero attached hydrogens (tertiary/aromatic N) is 1. The number of carbonyl (C=O) groups excluding carboxylic acids is 2. The highest BCUT2D eigenvalue weighted by atomic mass is 32.1. The van der Waals surface area contributed by atoms with Gasteiger partial charge in [0.2, 0.25) is 0 Å². The number of amides is 2. The van der Waals surface area contributed by atoms with Gasteiger partial charge in [0.05, 0.1) is 29.2 Å². The highest BCUT2D eigenvalue weighted by Gasteiger charge is 2.28. The Morgan fingerprint density at radius 3 is 2.72 bits per heavy atom. The molecule has 1 aliphatic rings. The number of fused-ring (bicyclic) bond motifs is 1. The number of piperidine rings is 1. The average Bonchev–Trinajstić information content (AvgIpc) is 3.18. The van der Waals surface area contributed by atoms with Gasteiger partial charge in [-0.25, -0.2) is 4.98 Å². The van der Waals surface area contributed by atoms with E-state index in [4.69, 9.17) is 4.98 Å². The maximum absolute atomic E-state index is 12.5. The lowest BCUT2D eigenvalue weighted by molar-refractivity contribution is -0.898. The summed E-state index contributed by atoms with van der Waals surface area (Å²) in [6.07, 6.45) is 2.23. The van der Waals surface area contributed by atoms with E-state index in [2.05, 4.69) is 22.8 Å². The number of rotatable bonds is 5. The summed E-state index contributed by atoms with van der Waals surface area (Å²) in [6, 6.07) is 15.2. The van der Waals surface area contributed by atoms with Gasteiger partial charge < -0.3 is 15.5 Å². The van der Waals surface area contributed by atoms with Gasteiger partial charge in [-0.3, -0.25) is 9.59 Å². The van der Waals surface area contributed by atoms with Gasteiger partial charge in [0.15, 0.2) is 6.54 Å². The Morgan fingerprint density at radius 1 is 1.17 bits per heavy atom. The number of benzene rings is 2. The van der Waals surface area contributed by atoms with Crippen molar-refractivity contribution in [1.82, 2.24) is 10.3 Å². The zero-order chi connectivity index (χ0) is 20.2. The molecule has 1 saturated heterocycles. The van der Waals surface area contributed by atoms with Gasteiger partial charge >= 0.3 is 0 Å². The van der Waals surface area contributed by atoms with Crippen molar-refractivity contribution >= 4 is 39.1 Å². The molecular weight excluding hydrogens is 384 g/mol. The molecule has 2 amide bonds. The Kier molecular flexibility index (Phi) is 5.87. The summed E-state index contributed by atoms with van der Waals surface area (Å²) >= 11 is 1.78. The van der Waals surface area contributed by atoms with Crippen LogP contribution in [0.1, 0.15) is 34.1 Å². The molecule has 3 N–H and O–H groups in total. The summed E-state index contributed by atoms with van der Waals surface area (Å²) < 4.78 is 1.23. The first-order chi connectivity index (χ1) is 14.1. The summed E-state index contributed by atoms with van der Waals surface area (Å²) in [7, 11) is 1.60. The Hall–Kier alpha value is -2.77. The van der Waals surface area contributed by atoms with Crippen molar-refractivity contribution in [3.63, 3.8) is 0 Å². The molecule has 2 heterocycles. The number of hydrogen-bond acceptors (Lipinski definition) is 4. The zero-order valence-electron chi connectivity index (χ0n) is 16.4. The number of likely N-dealkylation sites (tertiary alicyclic amines) is 1. The number of quaternary nitrogens is 1. The molecule has 0 bridgehead atoms. The van der Waals surface area contributed by atoms with Crippen LogP contribution < -0.4 is 15.5 Å². The predicted octanol–water partition coefficient (Wildman–Crippen LogP) is 2.06. The molecule has 0 spiro atoms. The monoisotopic (exact) mass is 409 g/mol. The van der Waals surface area contributed by atoms with Crippen molar-refractivity contribution in [1.29, 1.82) is 0 Å². The third-order valence-electron chi connectivity index (χ3n) is 5.35. The topological polar surface area (TPSA) is 75.5 Å². The summed E-state index contributed by atoms with van der Waals surface area (Å²) in [6.45, 7) is 2.38. The van der Waals surface area contributed by atoms with Crippen LogP contribution in [0.3, 0.4) is 0 Å². The summed E-state index contributed by atoms with van der Waals surface area (Å²) in [5, 5.41) is 6.72. The van der Waals surface area contributed by atoms with E-state index in [-0.39, 0.29) is 11.8 Å². The number of anilines is 1. The van der Waals surface area contributed by atoms with Crippen molar-refractivity contribution in [2.75, 3.05) is 32.0 Å². The van der Waals surface area contributed by atoms with Gasteiger partial charge in [-0.2, -0.15) is 0 Å². The summed E-state index contributed by atoms with van der Waals surface area (Å²) in [5.41, 5.74) is 2.35. The lowest BCUT2D eigenvalue weighted by Crippen LogP contribution is -3.14. The number of hydrogen-bond donors (Lipinski definition) is 3.